The van der Waals surface area contributed by atoms with Gasteiger partial charge in [0.25, 0.3) is 0 Å². The van der Waals surface area contributed by atoms with Crippen LogP contribution in [0.25, 0.3) is 0 Å². The molecule has 42 heavy (non-hydrogen) atoms. The van der Waals surface area contributed by atoms with Crippen molar-refractivity contribution >= 4 is 28.1 Å². The van der Waals surface area contributed by atoms with Crippen LogP contribution in [0.4, 0.5) is 0 Å². The molecule has 0 radical (unpaired) electrons. The topological polar surface area (TPSA) is 129 Å². The molecule has 4 unspecified atom stereocenters. The summed E-state index contributed by atoms with van der Waals surface area (Å²) in [6.45, 7) is 22.8. The predicted octanol–water partition coefficient (Wildman–Crippen LogP) is 7.29. The SMILES string of the molecule is CC1CC([N+](=O)[O-])CC(C)C1N=C(CCCO[Si](C)(C)C)C(CCCO[Si](C)(C)C)=NC1C(C)CC([N+](=O)[O-])CC1C. The zero-order chi connectivity index (χ0) is 31.8. The van der Waals surface area contributed by atoms with Crippen molar-refractivity contribution in [2.75, 3.05) is 13.2 Å². The number of hydrogen-bond donors (Lipinski definition) is 0. The van der Waals surface area contributed by atoms with Crippen LogP contribution in [-0.4, -0.2) is 75.3 Å². The van der Waals surface area contributed by atoms with E-state index in [9.17, 15) is 20.2 Å². The molecule has 2 aliphatic rings. The molecule has 0 N–H and O–H groups in total. The first-order valence-corrected chi connectivity index (χ1v) is 22.9. The fraction of sp³-hybridized carbons (Fsp3) is 0.933. The van der Waals surface area contributed by atoms with E-state index in [0.29, 0.717) is 38.9 Å². The zero-order valence-electron chi connectivity index (χ0n) is 27.9. The number of nitro groups is 2. The largest absolute Gasteiger partial charge is 0.418 e. The van der Waals surface area contributed by atoms with Crippen LogP contribution in [0, 0.1) is 43.9 Å². The molecule has 12 heteroatoms. The molecule has 0 saturated heterocycles. The van der Waals surface area contributed by atoms with Gasteiger partial charge in [-0.1, -0.05) is 27.7 Å². The smallest absolute Gasteiger partial charge is 0.213 e. The summed E-state index contributed by atoms with van der Waals surface area (Å²) in [4.78, 5) is 33.7. The van der Waals surface area contributed by atoms with Gasteiger partial charge in [-0.2, -0.15) is 0 Å². The average molecular weight is 627 g/mol. The van der Waals surface area contributed by atoms with Crippen molar-refractivity contribution in [2.24, 2.45) is 33.7 Å². The summed E-state index contributed by atoms with van der Waals surface area (Å²) in [7, 11) is -3.31. The van der Waals surface area contributed by atoms with Gasteiger partial charge in [0.05, 0.1) is 23.5 Å². The zero-order valence-corrected chi connectivity index (χ0v) is 29.9. The highest BCUT2D eigenvalue weighted by Gasteiger charge is 2.40. The van der Waals surface area contributed by atoms with Gasteiger partial charge >= 0.3 is 0 Å². The molecule has 0 aromatic rings. The summed E-state index contributed by atoms with van der Waals surface area (Å²) in [6, 6.07) is -1.03. The Balaban J connectivity index is 2.45. The van der Waals surface area contributed by atoms with Crippen LogP contribution in [0.2, 0.25) is 39.3 Å². The standard InChI is InChI=1S/C30H58N4O6Si2/c1-21-17-25(33(35)36)18-22(2)29(21)31-27(13-11-15-39-41(5,6)7)28(14-12-16-40-42(8,9)10)32-30-23(3)19-26(34(37)38)20-24(30)4/h21-26,29-30H,11-20H2,1-10H3. The fourth-order valence-corrected chi connectivity index (χ4v) is 8.12. The lowest BCUT2D eigenvalue weighted by Crippen LogP contribution is -2.41. The van der Waals surface area contributed by atoms with E-state index < -0.39 is 28.7 Å². The molecule has 2 saturated carbocycles. The molecule has 0 heterocycles. The molecule has 10 nitrogen and oxygen atoms in total. The van der Waals surface area contributed by atoms with Crippen molar-refractivity contribution < 1.29 is 18.7 Å². The number of hydrogen-bond acceptors (Lipinski definition) is 8. The molecule has 4 atom stereocenters. The van der Waals surface area contributed by atoms with Gasteiger partial charge in [-0.3, -0.25) is 30.2 Å². The lowest BCUT2D eigenvalue weighted by Gasteiger charge is -2.35. The predicted molar refractivity (Wildman–Crippen MR) is 176 cm³/mol. The van der Waals surface area contributed by atoms with Crippen molar-refractivity contribution in [3.63, 3.8) is 0 Å². The minimum Gasteiger partial charge on any atom is -0.418 e. The molecule has 0 aromatic carbocycles. The van der Waals surface area contributed by atoms with Crippen molar-refractivity contribution in [1.29, 1.82) is 0 Å². The summed E-state index contributed by atoms with van der Waals surface area (Å²) in [6.07, 6.45) is 5.28. The van der Waals surface area contributed by atoms with Crippen LogP contribution < -0.4 is 0 Å². The summed E-state index contributed by atoms with van der Waals surface area (Å²) < 4.78 is 12.4. The van der Waals surface area contributed by atoms with Gasteiger partial charge in [-0.05, 0) is 88.6 Å². The second-order valence-corrected chi connectivity index (χ2v) is 24.0. The van der Waals surface area contributed by atoms with Gasteiger partial charge in [0.2, 0.25) is 12.1 Å². The first kappa shape index (κ1) is 36.7. The van der Waals surface area contributed by atoms with E-state index in [2.05, 4.69) is 67.0 Å². The second kappa shape index (κ2) is 16.0. The van der Waals surface area contributed by atoms with Gasteiger partial charge in [0.15, 0.2) is 16.6 Å². The molecular weight excluding hydrogens is 569 g/mol. The molecule has 0 spiro atoms. The van der Waals surface area contributed by atoms with E-state index in [4.69, 9.17) is 18.8 Å². The van der Waals surface area contributed by atoms with Crippen LogP contribution in [0.3, 0.4) is 0 Å². The highest BCUT2D eigenvalue weighted by molar-refractivity contribution is 6.70. The van der Waals surface area contributed by atoms with Gasteiger partial charge in [0.1, 0.15) is 0 Å². The van der Waals surface area contributed by atoms with Crippen molar-refractivity contribution in [3.05, 3.63) is 20.2 Å². The van der Waals surface area contributed by atoms with Crippen LogP contribution in [-0.2, 0) is 8.85 Å². The highest BCUT2D eigenvalue weighted by Crippen LogP contribution is 2.35. The van der Waals surface area contributed by atoms with Crippen molar-refractivity contribution in [1.82, 2.24) is 0 Å². The quantitative estimate of drug-likeness (QED) is 0.0617. The molecule has 2 fully saturated rings. The maximum absolute atomic E-state index is 11.6. The molecule has 0 aliphatic heterocycles. The van der Waals surface area contributed by atoms with Crippen molar-refractivity contribution in [3.8, 4) is 0 Å². The van der Waals surface area contributed by atoms with E-state index in [1.54, 1.807) is 0 Å². The lowest BCUT2D eigenvalue weighted by atomic mass is 9.76. The average Bonchev–Trinajstić information content (AvgIpc) is 2.84. The first-order valence-electron chi connectivity index (χ1n) is 16.1. The Labute approximate surface area is 256 Å². The summed E-state index contributed by atoms with van der Waals surface area (Å²) in [5.74, 6) is 0.397. The summed E-state index contributed by atoms with van der Waals surface area (Å²) in [5, 5.41) is 23.2. The Kier molecular flexibility index (Phi) is 14.0. The minimum atomic E-state index is -1.65. The van der Waals surface area contributed by atoms with E-state index >= 15 is 0 Å². The lowest BCUT2D eigenvalue weighted by molar-refractivity contribution is -0.529. The monoisotopic (exact) mass is 626 g/mol. The maximum atomic E-state index is 11.6. The van der Waals surface area contributed by atoms with Gasteiger partial charge in [-0.15, -0.1) is 0 Å². The molecule has 242 valence electrons. The Morgan fingerprint density at radius 1 is 0.643 bits per heavy atom. The Morgan fingerprint density at radius 3 is 1.17 bits per heavy atom. The van der Waals surface area contributed by atoms with Crippen LogP contribution >= 0.6 is 0 Å². The second-order valence-electron chi connectivity index (χ2n) is 15.0. The van der Waals surface area contributed by atoms with Gasteiger partial charge in [-0.25, -0.2) is 0 Å². The number of nitrogens with zero attached hydrogens (tertiary/aromatic N) is 4. The van der Waals surface area contributed by atoms with Gasteiger partial charge < -0.3 is 8.85 Å². The summed E-state index contributed by atoms with van der Waals surface area (Å²) in [5.41, 5.74) is 1.97. The highest BCUT2D eigenvalue weighted by atomic mass is 28.4. The normalized spacial score (nSPS) is 31.7. The van der Waals surface area contributed by atoms with Crippen LogP contribution in [0.15, 0.2) is 9.98 Å². The molecule has 2 aliphatic carbocycles. The third kappa shape index (κ3) is 12.2. The fourth-order valence-electron chi connectivity index (χ4n) is 6.60. The Bertz CT molecular complexity index is 864. The number of aliphatic imine (C=N–C) groups is 2. The van der Waals surface area contributed by atoms with Gasteiger partial charge in [0, 0.05) is 48.7 Å². The third-order valence-corrected chi connectivity index (χ3v) is 10.8. The Hall–Kier alpha value is -1.51. The molecule has 0 amide bonds. The van der Waals surface area contributed by atoms with Crippen LogP contribution in [0.1, 0.15) is 79.1 Å². The molecular formula is C30H58N4O6Si2. The molecule has 0 bridgehead atoms. The molecule has 2 rings (SSSR count). The molecule has 0 aromatic heterocycles. The van der Waals surface area contributed by atoms with Crippen LogP contribution in [0.5, 0.6) is 0 Å². The summed E-state index contributed by atoms with van der Waals surface area (Å²) >= 11 is 0. The number of rotatable bonds is 15. The van der Waals surface area contributed by atoms with E-state index in [1.807, 2.05) is 0 Å². The third-order valence-electron chi connectivity index (χ3n) is 8.63. The minimum absolute atomic E-state index is 0.00221. The maximum Gasteiger partial charge on any atom is 0.213 e. The first-order chi connectivity index (χ1) is 19.4. The van der Waals surface area contributed by atoms with Crippen molar-refractivity contribution in [2.45, 2.75) is 143 Å². The van der Waals surface area contributed by atoms with E-state index in [1.165, 1.54) is 0 Å². The van der Waals surface area contributed by atoms with E-state index in [-0.39, 0.29) is 45.6 Å². The van der Waals surface area contributed by atoms with E-state index in [0.717, 1.165) is 37.1 Å². The Morgan fingerprint density at radius 2 is 0.929 bits per heavy atom.